The third-order valence-corrected chi connectivity index (χ3v) is 4.73. The highest BCUT2D eigenvalue weighted by Crippen LogP contribution is 2.28. The number of nitrogens with zero attached hydrogens (tertiary/aromatic N) is 1. The molecule has 1 N–H and O–H groups in total. The Kier molecular flexibility index (Phi) is 4.57. The molecule has 28 heavy (non-hydrogen) atoms. The van der Waals surface area contributed by atoms with Gasteiger partial charge >= 0.3 is 0 Å². The number of carbonyl (C=O) groups excluding carboxylic acids is 1. The molecule has 1 amide bonds. The molecule has 0 fully saturated rings. The minimum Gasteiger partial charge on any atom is -0.497 e. The summed E-state index contributed by atoms with van der Waals surface area (Å²) in [7, 11) is 1.62. The lowest BCUT2D eigenvalue weighted by atomic mass is 10.1. The van der Waals surface area contributed by atoms with Gasteiger partial charge in [0.1, 0.15) is 11.3 Å². The minimum absolute atomic E-state index is 0.157. The zero-order chi connectivity index (χ0) is 19.7. The van der Waals surface area contributed by atoms with Crippen LogP contribution in [0.4, 0.5) is 5.69 Å². The summed E-state index contributed by atoms with van der Waals surface area (Å²) >= 11 is 0. The van der Waals surface area contributed by atoms with Crippen LogP contribution in [-0.4, -0.2) is 18.0 Å². The van der Waals surface area contributed by atoms with Gasteiger partial charge in [0.25, 0.3) is 5.91 Å². The van der Waals surface area contributed by atoms with E-state index in [-0.39, 0.29) is 5.91 Å². The maximum atomic E-state index is 12.5. The van der Waals surface area contributed by atoms with Gasteiger partial charge < -0.3 is 14.5 Å². The number of carbonyl (C=O) groups is 1. The molecule has 140 valence electrons. The number of nitrogens with one attached hydrogen (secondary N) is 1. The first-order valence-electron chi connectivity index (χ1n) is 8.97. The Labute approximate surface area is 163 Å². The van der Waals surface area contributed by atoms with Crippen molar-refractivity contribution in [3.63, 3.8) is 0 Å². The van der Waals surface area contributed by atoms with Crippen molar-refractivity contribution < 1.29 is 13.9 Å². The first kappa shape index (κ1) is 17.8. The average molecular weight is 372 g/mol. The van der Waals surface area contributed by atoms with Gasteiger partial charge in [0.15, 0.2) is 5.58 Å². The highest BCUT2D eigenvalue weighted by molar-refractivity contribution is 6.05. The molecular formula is C23H20N2O3. The highest BCUT2D eigenvalue weighted by Gasteiger charge is 2.12. The van der Waals surface area contributed by atoms with Crippen molar-refractivity contribution in [2.45, 2.75) is 13.8 Å². The molecule has 0 aliphatic heterocycles. The van der Waals surface area contributed by atoms with Crippen LogP contribution in [0.2, 0.25) is 0 Å². The molecule has 1 aromatic heterocycles. The fourth-order valence-corrected chi connectivity index (χ4v) is 2.97. The van der Waals surface area contributed by atoms with Crippen molar-refractivity contribution in [2.24, 2.45) is 0 Å². The summed E-state index contributed by atoms with van der Waals surface area (Å²) < 4.78 is 11.2. The molecule has 0 saturated carbocycles. The predicted molar refractivity (Wildman–Crippen MR) is 110 cm³/mol. The van der Waals surface area contributed by atoms with Crippen LogP contribution in [-0.2, 0) is 0 Å². The van der Waals surface area contributed by atoms with Crippen LogP contribution < -0.4 is 10.1 Å². The summed E-state index contributed by atoms with van der Waals surface area (Å²) in [5.74, 6) is 1.09. The maximum Gasteiger partial charge on any atom is 0.255 e. The summed E-state index contributed by atoms with van der Waals surface area (Å²) in [6.45, 7) is 4.02. The quantitative estimate of drug-likeness (QED) is 0.523. The Hall–Kier alpha value is -3.60. The first-order chi connectivity index (χ1) is 13.5. The molecule has 0 bridgehead atoms. The Morgan fingerprint density at radius 3 is 2.64 bits per heavy atom. The number of aromatic nitrogens is 1. The number of aryl methyl sites for hydroxylation is 2. The third kappa shape index (κ3) is 3.47. The van der Waals surface area contributed by atoms with E-state index < -0.39 is 0 Å². The largest absolute Gasteiger partial charge is 0.497 e. The summed E-state index contributed by atoms with van der Waals surface area (Å²) in [5.41, 5.74) is 5.68. The molecule has 4 rings (SSSR count). The molecule has 5 heteroatoms. The smallest absolute Gasteiger partial charge is 0.255 e. The monoisotopic (exact) mass is 372 g/mol. The maximum absolute atomic E-state index is 12.5. The fraction of sp³-hybridized carbons (Fsp3) is 0.130. The summed E-state index contributed by atoms with van der Waals surface area (Å²) in [4.78, 5) is 17.1. The third-order valence-electron chi connectivity index (χ3n) is 4.73. The molecule has 1 heterocycles. The first-order valence-corrected chi connectivity index (χ1v) is 8.97. The van der Waals surface area contributed by atoms with Crippen LogP contribution >= 0.6 is 0 Å². The number of fused-ring (bicyclic) bond motifs is 1. The van der Waals surface area contributed by atoms with E-state index in [2.05, 4.69) is 10.3 Å². The standard InChI is InChI=1S/C23H20N2O3/c1-14-7-8-16(11-15(14)2)22(26)24-18-9-10-20-21(13-18)28-23(25-20)17-5-4-6-19(12-17)27-3/h4-13H,1-3H3,(H,24,26). The lowest BCUT2D eigenvalue weighted by Crippen LogP contribution is -2.12. The van der Waals surface area contributed by atoms with Gasteiger partial charge in [-0.2, -0.15) is 0 Å². The number of methoxy groups -OCH3 is 1. The van der Waals surface area contributed by atoms with Crippen LogP contribution in [0.3, 0.4) is 0 Å². The molecule has 3 aromatic carbocycles. The van der Waals surface area contributed by atoms with Crippen molar-refractivity contribution in [3.05, 3.63) is 77.4 Å². The lowest BCUT2D eigenvalue weighted by molar-refractivity contribution is 0.102. The Morgan fingerprint density at radius 1 is 1.00 bits per heavy atom. The summed E-state index contributed by atoms with van der Waals surface area (Å²) in [5, 5.41) is 2.92. The second kappa shape index (κ2) is 7.19. The molecule has 0 atom stereocenters. The van der Waals surface area contributed by atoms with Gasteiger partial charge in [-0.15, -0.1) is 0 Å². The second-order valence-electron chi connectivity index (χ2n) is 6.69. The van der Waals surface area contributed by atoms with Crippen molar-refractivity contribution in [1.82, 2.24) is 4.98 Å². The number of rotatable bonds is 4. The van der Waals surface area contributed by atoms with Crippen LogP contribution in [0.15, 0.2) is 65.1 Å². The van der Waals surface area contributed by atoms with Crippen LogP contribution in [0.5, 0.6) is 5.75 Å². The van der Waals surface area contributed by atoms with E-state index in [0.29, 0.717) is 22.7 Å². The van der Waals surface area contributed by atoms with Crippen LogP contribution in [0, 0.1) is 13.8 Å². The van der Waals surface area contributed by atoms with Crippen molar-refractivity contribution >= 4 is 22.7 Å². The van der Waals surface area contributed by atoms with E-state index in [9.17, 15) is 4.79 Å². The summed E-state index contributed by atoms with van der Waals surface area (Å²) in [6, 6.07) is 18.6. The van der Waals surface area contributed by atoms with E-state index in [1.54, 1.807) is 13.2 Å². The zero-order valence-corrected chi connectivity index (χ0v) is 15.9. The number of ether oxygens (including phenoxy) is 1. The number of hydrogen-bond donors (Lipinski definition) is 1. The molecule has 5 nitrogen and oxygen atoms in total. The van der Waals surface area contributed by atoms with Gasteiger partial charge in [-0.3, -0.25) is 4.79 Å². The number of benzene rings is 3. The molecule has 4 aromatic rings. The van der Waals surface area contributed by atoms with Gasteiger partial charge in [-0.1, -0.05) is 12.1 Å². The van der Waals surface area contributed by atoms with Gasteiger partial charge in [-0.25, -0.2) is 4.98 Å². The minimum atomic E-state index is -0.157. The van der Waals surface area contributed by atoms with Crippen molar-refractivity contribution in [3.8, 4) is 17.2 Å². The summed E-state index contributed by atoms with van der Waals surface area (Å²) in [6.07, 6.45) is 0. The Morgan fingerprint density at radius 2 is 1.86 bits per heavy atom. The second-order valence-corrected chi connectivity index (χ2v) is 6.69. The Balaban J connectivity index is 1.60. The van der Waals surface area contributed by atoms with Gasteiger partial charge in [0, 0.05) is 22.9 Å². The average Bonchev–Trinajstić information content (AvgIpc) is 3.13. The number of hydrogen-bond acceptors (Lipinski definition) is 4. The van der Waals surface area contributed by atoms with Crippen molar-refractivity contribution in [2.75, 3.05) is 12.4 Å². The van der Waals surface area contributed by atoms with E-state index >= 15 is 0 Å². The molecular weight excluding hydrogens is 352 g/mol. The normalized spacial score (nSPS) is 10.8. The molecule has 0 radical (unpaired) electrons. The van der Waals surface area contributed by atoms with Gasteiger partial charge in [-0.05, 0) is 67.4 Å². The SMILES string of the molecule is COc1cccc(-c2nc3ccc(NC(=O)c4ccc(C)c(C)c4)cc3o2)c1. The Bertz CT molecular complexity index is 1180. The number of anilines is 1. The molecule has 0 spiro atoms. The lowest BCUT2D eigenvalue weighted by Gasteiger charge is -2.07. The van der Waals surface area contributed by atoms with E-state index in [0.717, 1.165) is 28.0 Å². The van der Waals surface area contributed by atoms with Crippen molar-refractivity contribution in [1.29, 1.82) is 0 Å². The molecule has 0 aliphatic rings. The van der Waals surface area contributed by atoms with Crippen LogP contribution in [0.1, 0.15) is 21.5 Å². The number of oxazole rings is 1. The molecule has 0 saturated heterocycles. The van der Waals surface area contributed by atoms with Gasteiger partial charge in [0.2, 0.25) is 5.89 Å². The van der Waals surface area contributed by atoms with Crippen LogP contribution in [0.25, 0.3) is 22.6 Å². The van der Waals surface area contributed by atoms with E-state index in [1.165, 1.54) is 0 Å². The predicted octanol–water partition coefficient (Wildman–Crippen LogP) is 5.37. The van der Waals surface area contributed by atoms with Gasteiger partial charge in [0.05, 0.1) is 7.11 Å². The van der Waals surface area contributed by atoms with E-state index in [1.807, 2.05) is 68.4 Å². The fourth-order valence-electron chi connectivity index (χ4n) is 2.97. The zero-order valence-electron chi connectivity index (χ0n) is 15.9. The molecule has 0 aliphatic carbocycles. The highest BCUT2D eigenvalue weighted by atomic mass is 16.5. The number of amides is 1. The topological polar surface area (TPSA) is 64.4 Å². The van der Waals surface area contributed by atoms with E-state index in [4.69, 9.17) is 9.15 Å². The molecule has 0 unspecified atom stereocenters.